The van der Waals surface area contributed by atoms with E-state index in [-0.39, 0.29) is 10.8 Å². The first-order chi connectivity index (χ1) is 13.3. The number of nitrogens with zero attached hydrogens (tertiary/aromatic N) is 2. The summed E-state index contributed by atoms with van der Waals surface area (Å²) >= 11 is 0. The average Bonchev–Trinajstić information content (AvgIpc) is 2.67. The van der Waals surface area contributed by atoms with Crippen molar-refractivity contribution in [1.29, 1.82) is 0 Å². The van der Waals surface area contributed by atoms with Crippen molar-refractivity contribution in [3.63, 3.8) is 0 Å². The summed E-state index contributed by atoms with van der Waals surface area (Å²) in [7, 11) is -3.91. The molecular formula is C21H27N3O3S. The van der Waals surface area contributed by atoms with Crippen LogP contribution < -0.4 is 4.90 Å². The van der Waals surface area contributed by atoms with Crippen LogP contribution in [0, 0.1) is 13.8 Å². The summed E-state index contributed by atoms with van der Waals surface area (Å²) in [5.74, 6) is -0.123. The van der Waals surface area contributed by atoms with E-state index in [0.717, 1.165) is 25.2 Å². The minimum absolute atomic E-state index is 0.0812. The van der Waals surface area contributed by atoms with Crippen LogP contribution in [0.2, 0.25) is 0 Å². The molecule has 0 aliphatic carbocycles. The van der Waals surface area contributed by atoms with Crippen molar-refractivity contribution in [1.82, 2.24) is 4.90 Å². The number of sulfonamides is 1. The topological polar surface area (TPSA) is 73.0 Å². The smallest absolute Gasteiger partial charge is 0.254 e. The van der Waals surface area contributed by atoms with Gasteiger partial charge in [-0.05, 0) is 38.5 Å². The zero-order valence-electron chi connectivity index (χ0n) is 16.6. The Hall–Kier alpha value is -2.38. The first-order valence-corrected chi connectivity index (χ1v) is 11.0. The second kappa shape index (κ2) is 8.32. The number of nitrogens with one attached hydrogen (secondary N) is 1. The third kappa shape index (κ3) is 4.54. The first kappa shape index (κ1) is 20.4. The quantitative estimate of drug-likeness (QED) is 0.834. The number of carbonyl (C=O) groups is 1. The maximum Gasteiger partial charge on any atom is 0.254 e. The van der Waals surface area contributed by atoms with Gasteiger partial charge in [-0.2, -0.15) is 0 Å². The number of piperazine rings is 1. The summed E-state index contributed by atoms with van der Waals surface area (Å²) < 4.78 is 29.7. The summed E-state index contributed by atoms with van der Waals surface area (Å²) in [4.78, 5) is 16.2. The van der Waals surface area contributed by atoms with E-state index in [0.29, 0.717) is 29.9 Å². The Kier molecular flexibility index (Phi) is 6.05. The normalized spacial score (nSPS) is 15.5. The first-order valence-electron chi connectivity index (χ1n) is 9.58. The SMILES string of the molecule is CC[NH+]1CCN(C(=O)c2ccc(C)c(S(=O)(=O)[N-]c3cccc(C)c3)c2)CC1. The van der Waals surface area contributed by atoms with E-state index in [1.165, 1.54) is 11.0 Å². The van der Waals surface area contributed by atoms with Gasteiger partial charge in [-0.25, -0.2) is 8.42 Å². The summed E-state index contributed by atoms with van der Waals surface area (Å²) in [6.07, 6.45) is 0. The molecule has 3 rings (SSSR count). The van der Waals surface area contributed by atoms with E-state index in [4.69, 9.17) is 0 Å². The van der Waals surface area contributed by atoms with Gasteiger partial charge >= 0.3 is 0 Å². The van der Waals surface area contributed by atoms with E-state index in [9.17, 15) is 13.2 Å². The number of likely N-dealkylation sites (N-methyl/N-ethyl adjacent to an activating group) is 1. The van der Waals surface area contributed by atoms with Crippen molar-refractivity contribution < 1.29 is 18.1 Å². The Balaban J connectivity index is 1.83. The highest BCUT2D eigenvalue weighted by molar-refractivity contribution is 7.94. The number of hydrogen-bond donors (Lipinski definition) is 1. The predicted octanol–water partition coefficient (Wildman–Crippen LogP) is 2.06. The summed E-state index contributed by atoms with van der Waals surface area (Å²) in [6.45, 7) is 10.0. The molecule has 0 saturated carbocycles. The number of benzene rings is 2. The van der Waals surface area contributed by atoms with Crippen molar-refractivity contribution in [2.24, 2.45) is 0 Å². The lowest BCUT2D eigenvalue weighted by Crippen LogP contribution is -3.14. The van der Waals surface area contributed by atoms with Crippen molar-refractivity contribution >= 4 is 21.6 Å². The molecule has 0 unspecified atom stereocenters. The van der Waals surface area contributed by atoms with Crippen LogP contribution in [0.15, 0.2) is 47.4 Å². The molecule has 1 heterocycles. The van der Waals surface area contributed by atoms with Gasteiger partial charge in [0.1, 0.15) is 10.0 Å². The van der Waals surface area contributed by atoms with E-state index in [2.05, 4.69) is 11.6 Å². The van der Waals surface area contributed by atoms with Gasteiger partial charge in [0, 0.05) is 5.56 Å². The van der Waals surface area contributed by atoms with Gasteiger partial charge in [-0.1, -0.05) is 35.9 Å². The van der Waals surface area contributed by atoms with E-state index in [1.807, 2.05) is 13.0 Å². The molecule has 0 spiro atoms. The molecule has 1 aliphatic rings. The van der Waals surface area contributed by atoms with Crippen LogP contribution in [-0.2, 0) is 10.0 Å². The predicted molar refractivity (Wildman–Crippen MR) is 110 cm³/mol. The number of hydrogen-bond acceptors (Lipinski definition) is 3. The zero-order valence-corrected chi connectivity index (χ0v) is 17.4. The molecule has 2 aromatic carbocycles. The van der Waals surface area contributed by atoms with Crippen LogP contribution in [0.5, 0.6) is 0 Å². The van der Waals surface area contributed by atoms with E-state index < -0.39 is 10.0 Å². The van der Waals surface area contributed by atoms with Gasteiger partial charge in [-0.15, -0.1) is 5.69 Å². The Labute approximate surface area is 167 Å². The van der Waals surface area contributed by atoms with Crippen LogP contribution in [-0.4, -0.2) is 51.9 Å². The molecule has 2 aromatic rings. The summed E-state index contributed by atoms with van der Waals surface area (Å²) in [5, 5.41) is 0. The molecule has 7 heteroatoms. The fraction of sp³-hybridized carbons (Fsp3) is 0.381. The Bertz CT molecular complexity index is 965. The molecule has 28 heavy (non-hydrogen) atoms. The number of amides is 1. The van der Waals surface area contributed by atoms with Gasteiger partial charge in [0.05, 0.1) is 37.6 Å². The van der Waals surface area contributed by atoms with Gasteiger partial charge in [0.15, 0.2) is 0 Å². The molecule has 1 aliphatic heterocycles. The van der Waals surface area contributed by atoms with Crippen molar-refractivity contribution in [3.05, 3.63) is 63.9 Å². The molecule has 1 N–H and O–H groups in total. The zero-order chi connectivity index (χ0) is 20.3. The van der Waals surface area contributed by atoms with Gasteiger partial charge in [0.25, 0.3) is 5.91 Å². The highest BCUT2D eigenvalue weighted by Crippen LogP contribution is 2.30. The highest BCUT2D eigenvalue weighted by atomic mass is 32.2. The van der Waals surface area contributed by atoms with Crippen LogP contribution in [0.4, 0.5) is 5.69 Å². The molecule has 6 nitrogen and oxygen atoms in total. The van der Waals surface area contributed by atoms with Gasteiger partial charge < -0.3 is 14.5 Å². The lowest BCUT2D eigenvalue weighted by molar-refractivity contribution is -0.902. The van der Waals surface area contributed by atoms with Crippen LogP contribution in [0.25, 0.3) is 4.72 Å². The highest BCUT2D eigenvalue weighted by Gasteiger charge is 2.24. The number of aryl methyl sites for hydroxylation is 2. The number of rotatable bonds is 5. The number of quaternary nitrogens is 1. The molecule has 1 saturated heterocycles. The molecule has 0 bridgehead atoms. The third-order valence-corrected chi connectivity index (χ3v) is 6.64. The standard InChI is InChI=1S/C21H26N3O3S/c1-4-23-10-12-24(13-11-23)21(25)18-9-8-17(3)20(15-18)28(26,27)22-19-7-5-6-16(2)14-19/h5-9,14-15H,4,10-13H2,1-3H3/q-1/p+1. The Morgan fingerprint density at radius 3 is 2.46 bits per heavy atom. The molecule has 0 atom stereocenters. The molecular weight excluding hydrogens is 374 g/mol. The second-order valence-corrected chi connectivity index (χ2v) is 8.85. The van der Waals surface area contributed by atoms with E-state index >= 15 is 0 Å². The van der Waals surface area contributed by atoms with Crippen LogP contribution in [0.1, 0.15) is 28.4 Å². The molecule has 0 aromatic heterocycles. The van der Waals surface area contributed by atoms with Crippen LogP contribution >= 0.6 is 0 Å². The van der Waals surface area contributed by atoms with Crippen LogP contribution in [0.3, 0.4) is 0 Å². The molecule has 1 amide bonds. The lowest BCUT2D eigenvalue weighted by atomic mass is 10.1. The monoisotopic (exact) mass is 401 g/mol. The summed E-state index contributed by atoms with van der Waals surface area (Å²) in [6, 6.07) is 11.9. The molecule has 1 fully saturated rings. The minimum atomic E-state index is -3.91. The maximum absolute atomic E-state index is 12.9. The average molecular weight is 402 g/mol. The largest absolute Gasteiger partial charge is 0.573 e. The van der Waals surface area contributed by atoms with Gasteiger partial charge in [0.2, 0.25) is 0 Å². The Morgan fingerprint density at radius 2 is 1.82 bits per heavy atom. The molecule has 0 radical (unpaired) electrons. The van der Waals surface area contributed by atoms with E-state index in [1.54, 1.807) is 42.2 Å². The van der Waals surface area contributed by atoms with Gasteiger partial charge in [-0.3, -0.25) is 4.79 Å². The Morgan fingerprint density at radius 1 is 1.11 bits per heavy atom. The van der Waals surface area contributed by atoms with Crippen molar-refractivity contribution in [2.45, 2.75) is 25.7 Å². The fourth-order valence-corrected chi connectivity index (χ4v) is 4.69. The third-order valence-electron chi connectivity index (χ3n) is 5.20. The second-order valence-electron chi connectivity index (χ2n) is 7.28. The maximum atomic E-state index is 12.9. The van der Waals surface area contributed by atoms with Crippen molar-refractivity contribution in [2.75, 3.05) is 32.7 Å². The van der Waals surface area contributed by atoms with Crippen molar-refractivity contribution in [3.8, 4) is 0 Å². The minimum Gasteiger partial charge on any atom is -0.573 e. The fourth-order valence-electron chi connectivity index (χ4n) is 3.45. The number of carbonyl (C=O) groups excluding carboxylic acids is 1. The molecule has 150 valence electrons. The summed E-state index contributed by atoms with van der Waals surface area (Å²) in [5.41, 5.74) is 2.29. The lowest BCUT2D eigenvalue weighted by Gasteiger charge is -2.32.